The first-order valence-electron chi connectivity index (χ1n) is 11.6. The number of hydrogen-bond acceptors (Lipinski definition) is 4. The summed E-state index contributed by atoms with van der Waals surface area (Å²) < 4.78 is 2.17. The molecule has 176 valence electrons. The molecule has 6 nitrogen and oxygen atoms in total. The lowest BCUT2D eigenvalue weighted by molar-refractivity contribution is -0.115. The summed E-state index contributed by atoms with van der Waals surface area (Å²) >= 11 is 0. The maximum atomic E-state index is 13.5. The topological polar surface area (TPSA) is 84.2 Å². The molecule has 3 aromatic rings. The summed E-state index contributed by atoms with van der Waals surface area (Å²) in [5.74, 6) is -0.148. The number of aromatic nitrogens is 2. The van der Waals surface area contributed by atoms with Crippen molar-refractivity contribution in [3.05, 3.63) is 76.3 Å². The molecule has 0 saturated heterocycles. The molecule has 0 radical (unpaired) electrons. The van der Waals surface area contributed by atoms with Crippen LogP contribution < -0.4 is 5.32 Å². The second-order valence-corrected chi connectivity index (χ2v) is 9.36. The van der Waals surface area contributed by atoms with Gasteiger partial charge >= 0.3 is 0 Å². The molecule has 1 aliphatic carbocycles. The first-order valence-corrected chi connectivity index (χ1v) is 11.6. The van der Waals surface area contributed by atoms with Crippen molar-refractivity contribution in [2.45, 2.75) is 53.7 Å². The molecule has 34 heavy (non-hydrogen) atoms. The summed E-state index contributed by atoms with van der Waals surface area (Å²) in [5, 5.41) is 13.2. The normalized spacial score (nSPS) is 14.2. The van der Waals surface area contributed by atoms with Gasteiger partial charge in [-0.15, -0.1) is 0 Å². The zero-order valence-corrected chi connectivity index (χ0v) is 20.4. The number of fused-ring (bicyclic) bond motifs is 1. The van der Waals surface area contributed by atoms with E-state index in [4.69, 9.17) is 0 Å². The van der Waals surface area contributed by atoms with Crippen LogP contribution in [-0.2, 0) is 11.4 Å². The third-order valence-corrected chi connectivity index (χ3v) is 6.38. The summed E-state index contributed by atoms with van der Waals surface area (Å²) in [6, 6.07) is 7.88. The number of carbonyl (C=O) groups is 2. The van der Waals surface area contributed by atoms with E-state index >= 15 is 0 Å². The monoisotopic (exact) mass is 457 g/mol. The summed E-state index contributed by atoms with van der Waals surface area (Å²) in [5.41, 5.74) is 7.51. The van der Waals surface area contributed by atoms with E-state index in [1.54, 1.807) is 12.3 Å². The Hall–Kier alpha value is -3.51. The number of carbonyl (C=O) groups excluding carboxylic acids is 2. The number of aliphatic hydroxyl groups is 1. The fourth-order valence-corrected chi connectivity index (χ4v) is 4.64. The Morgan fingerprint density at radius 3 is 2.56 bits per heavy atom. The fraction of sp³-hybridized carbons (Fsp3) is 0.321. The number of hydrogen-bond donors (Lipinski definition) is 2. The van der Waals surface area contributed by atoms with E-state index in [0.717, 1.165) is 38.7 Å². The number of nitrogens with one attached hydrogen (secondary N) is 1. The molecular formula is C28H31N3O3. The summed E-state index contributed by atoms with van der Waals surface area (Å²) in [4.78, 5) is 30.3. The van der Waals surface area contributed by atoms with Crippen molar-refractivity contribution in [2.75, 3.05) is 6.54 Å². The molecule has 0 bridgehead atoms. The highest BCUT2D eigenvalue weighted by molar-refractivity contribution is 6.10. The van der Waals surface area contributed by atoms with Crippen LogP contribution in [-0.4, -0.2) is 32.9 Å². The van der Waals surface area contributed by atoms with Crippen LogP contribution in [0.2, 0.25) is 0 Å². The zero-order valence-electron chi connectivity index (χ0n) is 20.4. The largest absolute Gasteiger partial charge is 0.390 e. The smallest absolute Gasteiger partial charge is 0.252 e. The van der Waals surface area contributed by atoms with Crippen LogP contribution in [0.3, 0.4) is 0 Å². The van der Waals surface area contributed by atoms with Gasteiger partial charge in [0.2, 0.25) is 0 Å². The molecule has 1 aliphatic rings. The van der Waals surface area contributed by atoms with Gasteiger partial charge in [-0.1, -0.05) is 17.7 Å². The molecule has 1 aromatic carbocycles. The van der Waals surface area contributed by atoms with Crippen LogP contribution in [0.15, 0.2) is 59.5 Å². The van der Waals surface area contributed by atoms with Crippen molar-refractivity contribution in [2.24, 2.45) is 0 Å². The maximum absolute atomic E-state index is 13.5. The van der Waals surface area contributed by atoms with Crippen molar-refractivity contribution in [3.8, 4) is 11.1 Å². The van der Waals surface area contributed by atoms with Crippen LogP contribution in [0, 0.1) is 6.92 Å². The van der Waals surface area contributed by atoms with Crippen molar-refractivity contribution in [1.82, 2.24) is 14.9 Å². The second-order valence-electron chi connectivity index (χ2n) is 9.36. The number of amides is 1. The van der Waals surface area contributed by atoms with Crippen molar-refractivity contribution >= 4 is 22.6 Å². The Morgan fingerprint density at radius 2 is 1.94 bits per heavy atom. The first-order chi connectivity index (χ1) is 16.2. The Labute approximate surface area is 200 Å². The quantitative estimate of drug-likeness (QED) is 0.542. The summed E-state index contributed by atoms with van der Waals surface area (Å²) in [6.07, 6.45) is 6.20. The molecule has 6 heteroatoms. The predicted octanol–water partition coefficient (Wildman–Crippen LogP) is 5.05. The second kappa shape index (κ2) is 9.39. The molecule has 0 atom stereocenters. The minimum atomic E-state index is -0.212. The molecule has 0 unspecified atom stereocenters. The van der Waals surface area contributed by atoms with Crippen LogP contribution in [0.5, 0.6) is 0 Å². The molecule has 0 aliphatic heterocycles. The van der Waals surface area contributed by atoms with E-state index < -0.39 is 0 Å². The number of aliphatic hydroxyl groups excluding tert-OH is 1. The van der Waals surface area contributed by atoms with Gasteiger partial charge in [0.25, 0.3) is 5.91 Å². The van der Waals surface area contributed by atoms with E-state index in [1.807, 2.05) is 39.0 Å². The Balaban J connectivity index is 1.78. The van der Waals surface area contributed by atoms with Gasteiger partial charge in [0.1, 0.15) is 0 Å². The van der Waals surface area contributed by atoms with E-state index in [9.17, 15) is 14.7 Å². The fourth-order valence-electron chi connectivity index (χ4n) is 4.64. The minimum Gasteiger partial charge on any atom is -0.390 e. The lowest BCUT2D eigenvalue weighted by Gasteiger charge is -2.17. The standard InChI is InChI=1S/C28H31N3O3/c1-16(2)31-14-19(5)27-23(28(34)30-13-24-18(4)8-17(3)9-26(24)33)10-21(11-25(27)31)20-6-7-22(15-32)29-12-20/h6-8,10-12,14,16,32H,9,13,15H2,1-5H3,(H,30,34). The van der Waals surface area contributed by atoms with Gasteiger partial charge in [-0.2, -0.15) is 0 Å². The maximum Gasteiger partial charge on any atom is 0.252 e. The highest BCUT2D eigenvalue weighted by Crippen LogP contribution is 2.33. The van der Waals surface area contributed by atoms with Crippen molar-refractivity contribution in [3.63, 3.8) is 0 Å². The number of allylic oxidation sites excluding steroid dienone is 3. The van der Waals surface area contributed by atoms with E-state index in [2.05, 4.69) is 41.0 Å². The number of pyridine rings is 1. The number of ketones is 1. The molecule has 0 spiro atoms. The highest BCUT2D eigenvalue weighted by Gasteiger charge is 2.21. The number of Topliss-reactive ketones (excluding diaryl/α,β-unsaturated/α-hetero) is 1. The summed E-state index contributed by atoms with van der Waals surface area (Å²) in [7, 11) is 0. The molecule has 2 aromatic heterocycles. The molecule has 0 saturated carbocycles. The zero-order chi connectivity index (χ0) is 24.6. The number of benzene rings is 1. The van der Waals surface area contributed by atoms with Crippen molar-refractivity contribution < 1.29 is 14.7 Å². The Morgan fingerprint density at radius 1 is 1.18 bits per heavy atom. The van der Waals surface area contributed by atoms with Gasteiger partial charge < -0.3 is 15.0 Å². The highest BCUT2D eigenvalue weighted by atomic mass is 16.3. The van der Waals surface area contributed by atoms with E-state index in [-0.39, 0.29) is 30.9 Å². The third-order valence-electron chi connectivity index (χ3n) is 6.38. The van der Waals surface area contributed by atoms with Gasteiger partial charge in [0.05, 0.1) is 12.3 Å². The van der Waals surface area contributed by atoms with Gasteiger partial charge in [-0.05, 0) is 69.5 Å². The van der Waals surface area contributed by atoms with Crippen molar-refractivity contribution in [1.29, 1.82) is 0 Å². The minimum absolute atomic E-state index is 0.0638. The van der Waals surface area contributed by atoms with E-state index in [1.165, 1.54) is 0 Å². The van der Waals surface area contributed by atoms with Gasteiger partial charge in [-0.3, -0.25) is 14.6 Å². The Bertz CT molecular complexity index is 1340. The predicted molar refractivity (Wildman–Crippen MR) is 135 cm³/mol. The van der Waals surface area contributed by atoms with Gasteiger partial charge in [0, 0.05) is 59.0 Å². The molecule has 1 amide bonds. The summed E-state index contributed by atoms with van der Waals surface area (Å²) in [6.45, 7) is 10.2. The van der Waals surface area contributed by atoms with E-state index in [0.29, 0.717) is 23.3 Å². The van der Waals surface area contributed by atoms with Gasteiger partial charge in [-0.25, -0.2) is 0 Å². The van der Waals surface area contributed by atoms with Crippen LogP contribution in [0.25, 0.3) is 22.0 Å². The van der Waals surface area contributed by atoms with Crippen LogP contribution in [0.4, 0.5) is 0 Å². The number of rotatable bonds is 6. The molecule has 0 fully saturated rings. The van der Waals surface area contributed by atoms with Crippen LogP contribution >= 0.6 is 0 Å². The third kappa shape index (κ3) is 4.46. The van der Waals surface area contributed by atoms with Crippen LogP contribution in [0.1, 0.15) is 61.8 Å². The Kier molecular flexibility index (Phi) is 6.53. The number of nitrogens with zero attached hydrogens (tertiary/aromatic N) is 2. The average molecular weight is 458 g/mol. The number of aryl methyl sites for hydroxylation is 1. The first kappa shape index (κ1) is 23.6. The molecular weight excluding hydrogens is 426 g/mol. The average Bonchev–Trinajstić information content (AvgIpc) is 3.14. The SMILES string of the molecule is CC1=CC(C)=C(CNC(=O)c2cc(-c3ccc(CO)nc3)cc3c2c(C)cn3C(C)C)C(=O)C1. The molecule has 2 heterocycles. The molecule has 4 rings (SSSR count). The lowest BCUT2D eigenvalue weighted by atomic mass is 9.92. The molecule has 2 N–H and O–H groups in total. The lowest BCUT2D eigenvalue weighted by Crippen LogP contribution is -2.29. The van der Waals surface area contributed by atoms with Gasteiger partial charge in [0.15, 0.2) is 5.78 Å².